The topological polar surface area (TPSA) is 35.5 Å². The molecule has 0 saturated heterocycles. The maximum atomic E-state index is 12.5. The van der Waals surface area contributed by atoms with Gasteiger partial charge < -0.3 is 9.47 Å². The van der Waals surface area contributed by atoms with Gasteiger partial charge in [-0.15, -0.1) is 11.3 Å². The summed E-state index contributed by atoms with van der Waals surface area (Å²) in [5.41, 5.74) is 4.54. The van der Waals surface area contributed by atoms with Crippen molar-refractivity contribution in [3.05, 3.63) is 75.1 Å². The third-order valence-corrected chi connectivity index (χ3v) is 5.92. The summed E-state index contributed by atoms with van der Waals surface area (Å²) >= 11 is 7.46. The van der Waals surface area contributed by atoms with E-state index in [-0.39, 0.29) is 12.6 Å². The SMILES string of the molecule is COc1ccc2c(c1)CCc1cc(C(=O)OCc3cccc(Cl)c3)sc1-2. The number of esters is 1. The number of halogens is 1. The first-order chi connectivity index (χ1) is 12.6. The summed E-state index contributed by atoms with van der Waals surface area (Å²) in [6.07, 6.45) is 1.88. The zero-order valence-corrected chi connectivity index (χ0v) is 15.8. The van der Waals surface area contributed by atoms with Crippen LogP contribution in [-0.4, -0.2) is 13.1 Å². The highest BCUT2D eigenvalue weighted by Crippen LogP contribution is 2.41. The summed E-state index contributed by atoms with van der Waals surface area (Å²) in [4.78, 5) is 14.3. The van der Waals surface area contributed by atoms with Crippen LogP contribution in [0.2, 0.25) is 5.02 Å². The van der Waals surface area contributed by atoms with E-state index in [1.807, 2.05) is 24.3 Å². The summed E-state index contributed by atoms with van der Waals surface area (Å²) in [6, 6.07) is 15.4. The Kier molecular flexibility index (Phi) is 4.70. The average molecular weight is 385 g/mol. The lowest BCUT2D eigenvalue weighted by Gasteiger charge is -2.16. The number of fused-ring (bicyclic) bond motifs is 3. The van der Waals surface area contributed by atoms with Crippen LogP contribution >= 0.6 is 22.9 Å². The van der Waals surface area contributed by atoms with Crippen LogP contribution in [0.4, 0.5) is 0 Å². The number of hydrogen-bond acceptors (Lipinski definition) is 4. The number of aryl methyl sites for hydroxylation is 2. The fourth-order valence-electron chi connectivity index (χ4n) is 3.18. The van der Waals surface area contributed by atoms with Crippen molar-refractivity contribution in [2.75, 3.05) is 7.11 Å². The molecule has 2 aromatic carbocycles. The fourth-order valence-corrected chi connectivity index (χ4v) is 4.56. The van der Waals surface area contributed by atoms with Crippen LogP contribution < -0.4 is 4.74 Å². The van der Waals surface area contributed by atoms with E-state index >= 15 is 0 Å². The van der Waals surface area contributed by atoms with Gasteiger partial charge in [0, 0.05) is 9.90 Å². The predicted molar refractivity (Wildman–Crippen MR) is 104 cm³/mol. The minimum atomic E-state index is -0.292. The molecule has 4 rings (SSSR count). The zero-order chi connectivity index (χ0) is 18.1. The van der Waals surface area contributed by atoms with Crippen LogP contribution in [0.25, 0.3) is 10.4 Å². The molecule has 1 aromatic heterocycles. The summed E-state index contributed by atoms with van der Waals surface area (Å²) in [5.74, 6) is 0.573. The first-order valence-corrected chi connectivity index (χ1v) is 9.55. The Hall–Kier alpha value is -2.30. The van der Waals surface area contributed by atoms with Crippen LogP contribution in [0, 0.1) is 0 Å². The summed E-state index contributed by atoms with van der Waals surface area (Å²) in [6.45, 7) is 0.218. The van der Waals surface area contributed by atoms with Crippen LogP contribution in [-0.2, 0) is 24.2 Å². The van der Waals surface area contributed by atoms with Crippen molar-refractivity contribution in [1.82, 2.24) is 0 Å². The lowest BCUT2D eigenvalue weighted by Crippen LogP contribution is -2.03. The van der Waals surface area contributed by atoms with Crippen molar-refractivity contribution < 1.29 is 14.3 Å². The number of hydrogen-bond donors (Lipinski definition) is 0. The summed E-state index contributed by atoms with van der Waals surface area (Å²) in [7, 11) is 1.68. The number of carbonyl (C=O) groups excluding carboxylic acids is 1. The minimum Gasteiger partial charge on any atom is -0.497 e. The molecule has 0 bridgehead atoms. The fraction of sp³-hybridized carbons (Fsp3) is 0.190. The Bertz CT molecular complexity index is 977. The van der Waals surface area contributed by atoms with Crippen molar-refractivity contribution >= 4 is 28.9 Å². The monoisotopic (exact) mass is 384 g/mol. The van der Waals surface area contributed by atoms with Crippen LogP contribution in [0.1, 0.15) is 26.4 Å². The van der Waals surface area contributed by atoms with Gasteiger partial charge in [-0.3, -0.25) is 0 Å². The van der Waals surface area contributed by atoms with Gasteiger partial charge in [0.15, 0.2) is 0 Å². The maximum absolute atomic E-state index is 12.5. The number of methoxy groups -OCH3 is 1. The molecule has 0 radical (unpaired) electrons. The van der Waals surface area contributed by atoms with E-state index in [2.05, 4.69) is 12.1 Å². The quantitative estimate of drug-likeness (QED) is 0.554. The normalized spacial score (nSPS) is 12.2. The number of carbonyl (C=O) groups is 1. The Morgan fingerprint density at radius 2 is 1.96 bits per heavy atom. The molecule has 0 fully saturated rings. The number of rotatable bonds is 4. The second-order valence-corrected chi connectivity index (χ2v) is 7.68. The first kappa shape index (κ1) is 17.1. The van der Waals surface area contributed by atoms with Crippen molar-refractivity contribution in [2.24, 2.45) is 0 Å². The van der Waals surface area contributed by atoms with Gasteiger partial charge in [-0.2, -0.15) is 0 Å². The Morgan fingerprint density at radius 3 is 2.77 bits per heavy atom. The molecular weight excluding hydrogens is 368 g/mol. The average Bonchev–Trinajstić information content (AvgIpc) is 3.10. The van der Waals surface area contributed by atoms with Gasteiger partial charge in [0.05, 0.1) is 7.11 Å². The molecule has 0 spiro atoms. The molecule has 5 heteroatoms. The molecule has 1 aliphatic rings. The minimum absolute atomic E-state index is 0.218. The van der Waals surface area contributed by atoms with Crippen molar-refractivity contribution in [1.29, 1.82) is 0 Å². The van der Waals surface area contributed by atoms with Crippen molar-refractivity contribution in [3.63, 3.8) is 0 Å². The summed E-state index contributed by atoms with van der Waals surface area (Å²) < 4.78 is 10.8. The molecule has 1 aliphatic carbocycles. The van der Waals surface area contributed by atoms with E-state index < -0.39 is 0 Å². The van der Waals surface area contributed by atoms with Gasteiger partial charge in [0.2, 0.25) is 0 Å². The molecule has 3 aromatic rings. The Morgan fingerprint density at radius 1 is 1.12 bits per heavy atom. The molecule has 0 unspecified atom stereocenters. The van der Waals surface area contributed by atoms with E-state index in [4.69, 9.17) is 21.1 Å². The van der Waals surface area contributed by atoms with Crippen LogP contribution in [0.3, 0.4) is 0 Å². The zero-order valence-electron chi connectivity index (χ0n) is 14.3. The lowest BCUT2D eigenvalue weighted by molar-refractivity contribution is 0.0478. The highest BCUT2D eigenvalue weighted by molar-refractivity contribution is 7.17. The van der Waals surface area contributed by atoms with Gasteiger partial charge in [-0.25, -0.2) is 4.79 Å². The molecule has 0 amide bonds. The van der Waals surface area contributed by atoms with E-state index in [0.29, 0.717) is 9.90 Å². The molecule has 0 N–H and O–H groups in total. The van der Waals surface area contributed by atoms with Crippen molar-refractivity contribution in [3.8, 4) is 16.2 Å². The Labute approximate surface area is 161 Å². The maximum Gasteiger partial charge on any atom is 0.348 e. The molecule has 0 aliphatic heterocycles. The van der Waals surface area contributed by atoms with Gasteiger partial charge in [-0.1, -0.05) is 23.7 Å². The highest BCUT2D eigenvalue weighted by Gasteiger charge is 2.22. The van der Waals surface area contributed by atoms with E-state index in [1.165, 1.54) is 28.0 Å². The van der Waals surface area contributed by atoms with E-state index in [9.17, 15) is 4.79 Å². The highest BCUT2D eigenvalue weighted by atomic mass is 35.5. The van der Waals surface area contributed by atoms with E-state index in [0.717, 1.165) is 29.0 Å². The Balaban J connectivity index is 1.54. The molecular formula is C21H17ClO3S. The third-order valence-electron chi connectivity index (χ3n) is 4.49. The lowest BCUT2D eigenvalue weighted by atomic mass is 9.91. The molecule has 0 atom stereocenters. The smallest absolute Gasteiger partial charge is 0.348 e. The van der Waals surface area contributed by atoms with Crippen LogP contribution in [0.15, 0.2) is 48.5 Å². The third kappa shape index (κ3) is 3.35. The standard InChI is InChI=1S/C21H17ClO3S/c1-24-17-7-8-18-14(10-17)5-6-15-11-19(26-20(15)18)21(23)25-12-13-3-2-4-16(22)9-13/h2-4,7-11H,5-6,12H2,1H3. The largest absolute Gasteiger partial charge is 0.497 e. The van der Waals surface area contributed by atoms with Gasteiger partial charge >= 0.3 is 5.97 Å². The molecule has 0 saturated carbocycles. The van der Waals surface area contributed by atoms with Gasteiger partial charge in [-0.05, 0) is 71.5 Å². The number of benzene rings is 2. The number of thiophene rings is 1. The van der Waals surface area contributed by atoms with Crippen LogP contribution in [0.5, 0.6) is 5.75 Å². The van der Waals surface area contributed by atoms with Gasteiger partial charge in [0.25, 0.3) is 0 Å². The first-order valence-electron chi connectivity index (χ1n) is 8.35. The predicted octanol–water partition coefficient (Wildman–Crippen LogP) is 5.53. The van der Waals surface area contributed by atoms with E-state index in [1.54, 1.807) is 19.2 Å². The molecule has 26 heavy (non-hydrogen) atoms. The summed E-state index contributed by atoms with van der Waals surface area (Å²) in [5, 5.41) is 0.636. The van der Waals surface area contributed by atoms with Crippen molar-refractivity contribution in [2.45, 2.75) is 19.4 Å². The van der Waals surface area contributed by atoms with Gasteiger partial charge in [0.1, 0.15) is 17.2 Å². The number of ether oxygens (including phenoxy) is 2. The second kappa shape index (κ2) is 7.14. The second-order valence-electron chi connectivity index (χ2n) is 6.19. The molecule has 3 nitrogen and oxygen atoms in total. The molecule has 1 heterocycles. The molecule has 132 valence electrons.